The number of likely N-dealkylation sites (tertiary alicyclic amines) is 1. The van der Waals surface area contributed by atoms with Gasteiger partial charge >= 0.3 is 6.03 Å². The number of carbonyl (C=O) groups excluding carboxylic acids is 1. The summed E-state index contributed by atoms with van der Waals surface area (Å²) < 4.78 is 22.8. The number of nitrogens with zero attached hydrogens (tertiary/aromatic N) is 3. The van der Waals surface area contributed by atoms with Crippen molar-refractivity contribution in [3.05, 3.63) is 54.4 Å². The first-order valence-corrected chi connectivity index (χ1v) is 11.2. The summed E-state index contributed by atoms with van der Waals surface area (Å²) in [6.07, 6.45) is 5.63. The van der Waals surface area contributed by atoms with Crippen LogP contribution in [0.15, 0.2) is 53.7 Å². The number of nitrogens with one attached hydrogen (secondary N) is 1. The minimum atomic E-state index is -3.76. The highest BCUT2D eigenvalue weighted by molar-refractivity contribution is 7.89. The van der Waals surface area contributed by atoms with Gasteiger partial charge in [-0.05, 0) is 67.9 Å². The van der Waals surface area contributed by atoms with E-state index in [1.54, 1.807) is 17.3 Å². The number of hydrogen-bond acceptors (Lipinski definition) is 5. The minimum absolute atomic E-state index is 0.00804. The Hall–Kier alpha value is -2.49. The molecule has 0 aliphatic carbocycles. The Kier molecular flexibility index (Phi) is 6.83. The fraction of sp³-hybridized carbons (Fsp3) is 0.400. The van der Waals surface area contributed by atoms with Crippen LogP contribution < -0.4 is 10.5 Å². The molecule has 2 heterocycles. The maximum atomic E-state index is 13.0. The van der Waals surface area contributed by atoms with Gasteiger partial charge in [0, 0.05) is 37.2 Å². The second-order valence-electron chi connectivity index (χ2n) is 7.16. The van der Waals surface area contributed by atoms with Crippen LogP contribution in [0.5, 0.6) is 0 Å². The van der Waals surface area contributed by atoms with Gasteiger partial charge in [0.1, 0.15) is 0 Å². The first kappa shape index (κ1) is 21.2. The molecule has 0 spiro atoms. The van der Waals surface area contributed by atoms with Crippen LogP contribution in [0.4, 0.5) is 10.5 Å². The van der Waals surface area contributed by atoms with Crippen LogP contribution in [-0.2, 0) is 16.6 Å². The van der Waals surface area contributed by atoms with E-state index < -0.39 is 10.0 Å². The summed E-state index contributed by atoms with van der Waals surface area (Å²) in [6.45, 7) is 5.25. The molecular formula is C20H27N5O3S. The Morgan fingerprint density at radius 1 is 1.24 bits per heavy atom. The van der Waals surface area contributed by atoms with Crippen molar-refractivity contribution in [2.75, 3.05) is 25.0 Å². The van der Waals surface area contributed by atoms with Gasteiger partial charge in [-0.15, -0.1) is 0 Å². The van der Waals surface area contributed by atoms with Crippen molar-refractivity contribution in [3.8, 4) is 0 Å². The number of amides is 2. The normalized spacial score (nSPS) is 17.2. The van der Waals surface area contributed by atoms with Crippen molar-refractivity contribution in [2.24, 2.45) is 5.14 Å². The first-order chi connectivity index (χ1) is 13.9. The topological polar surface area (TPSA) is 109 Å². The molecule has 0 radical (unpaired) electrons. The number of aromatic nitrogens is 1. The molecule has 2 amide bonds. The molecule has 1 aliphatic heterocycles. The van der Waals surface area contributed by atoms with Gasteiger partial charge in [0.2, 0.25) is 10.0 Å². The van der Waals surface area contributed by atoms with E-state index in [0.29, 0.717) is 24.8 Å². The van der Waals surface area contributed by atoms with Crippen molar-refractivity contribution in [1.82, 2.24) is 14.8 Å². The third kappa shape index (κ3) is 5.75. The van der Waals surface area contributed by atoms with E-state index >= 15 is 0 Å². The van der Waals surface area contributed by atoms with Gasteiger partial charge in [0.15, 0.2) is 0 Å². The third-order valence-electron chi connectivity index (χ3n) is 5.18. The molecule has 1 aliphatic rings. The number of nitrogens with two attached hydrogens (primary N) is 1. The molecule has 0 unspecified atom stereocenters. The average Bonchev–Trinajstić information content (AvgIpc) is 3.15. The quantitative estimate of drug-likeness (QED) is 0.718. The standard InChI is InChI=1S/C20H27N5O3S/c1-2-24-13-3-4-18(24)15-25(14-16-9-11-22-12-10-16)20(26)23-17-5-7-19(8-6-17)29(21,27)28/h5-12,18H,2-4,13-15H2,1H3,(H,23,26)(H2,21,27,28)/t18-/m1/s1. The molecule has 8 nitrogen and oxygen atoms in total. The van der Waals surface area contributed by atoms with Crippen LogP contribution in [0.2, 0.25) is 0 Å². The molecule has 3 rings (SSSR count). The molecule has 1 aromatic heterocycles. The van der Waals surface area contributed by atoms with Gasteiger partial charge in [0.05, 0.1) is 4.90 Å². The zero-order valence-electron chi connectivity index (χ0n) is 16.5. The summed E-state index contributed by atoms with van der Waals surface area (Å²) in [5.74, 6) is 0. The molecule has 1 aromatic carbocycles. The van der Waals surface area contributed by atoms with Gasteiger partial charge in [-0.1, -0.05) is 6.92 Å². The smallest absolute Gasteiger partial charge is 0.319 e. The molecule has 1 atom stereocenters. The Labute approximate surface area is 171 Å². The fourth-order valence-corrected chi connectivity index (χ4v) is 4.15. The summed E-state index contributed by atoms with van der Waals surface area (Å²) in [5, 5.41) is 7.99. The zero-order chi connectivity index (χ0) is 20.9. The second-order valence-corrected chi connectivity index (χ2v) is 8.72. The zero-order valence-corrected chi connectivity index (χ0v) is 17.3. The monoisotopic (exact) mass is 417 g/mol. The minimum Gasteiger partial charge on any atom is -0.319 e. The van der Waals surface area contributed by atoms with Gasteiger partial charge < -0.3 is 10.2 Å². The van der Waals surface area contributed by atoms with E-state index in [9.17, 15) is 13.2 Å². The molecule has 1 saturated heterocycles. The highest BCUT2D eigenvalue weighted by Crippen LogP contribution is 2.20. The lowest BCUT2D eigenvalue weighted by Crippen LogP contribution is -2.44. The maximum absolute atomic E-state index is 13.0. The lowest BCUT2D eigenvalue weighted by Gasteiger charge is -2.30. The Morgan fingerprint density at radius 2 is 1.93 bits per heavy atom. The number of primary sulfonamides is 1. The molecular weight excluding hydrogens is 390 g/mol. The molecule has 1 fully saturated rings. The van der Waals surface area contributed by atoms with E-state index in [1.807, 2.05) is 12.1 Å². The van der Waals surface area contributed by atoms with Crippen LogP contribution in [0.3, 0.4) is 0 Å². The number of pyridine rings is 1. The molecule has 2 aromatic rings. The highest BCUT2D eigenvalue weighted by atomic mass is 32.2. The lowest BCUT2D eigenvalue weighted by molar-refractivity contribution is 0.175. The first-order valence-electron chi connectivity index (χ1n) is 9.68. The second kappa shape index (κ2) is 9.34. The molecule has 9 heteroatoms. The molecule has 3 N–H and O–H groups in total. The van der Waals surface area contributed by atoms with Crippen molar-refractivity contribution in [3.63, 3.8) is 0 Å². The van der Waals surface area contributed by atoms with Gasteiger partial charge in [-0.3, -0.25) is 9.88 Å². The Morgan fingerprint density at radius 3 is 2.55 bits per heavy atom. The number of benzene rings is 1. The van der Waals surface area contributed by atoms with Crippen LogP contribution >= 0.6 is 0 Å². The number of rotatable bonds is 7. The van der Waals surface area contributed by atoms with Crippen LogP contribution in [-0.4, -0.2) is 54.9 Å². The van der Waals surface area contributed by atoms with E-state index in [-0.39, 0.29) is 10.9 Å². The van der Waals surface area contributed by atoms with Gasteiger partial charge in [-0.2, -0.15) is 0 Å². The van der Waals surface area contributed by atoms with Crippen molar-refractivity contribution >= 4 is 21.7 Å². The number of anilines is 1. The van der Waals surface area contributed by atoms with Crippen molar-refractivity contribution < 1.29 is 13.2 Å². The molecule has 29 heavy (non-hydrogen) atoms. The van der Waals surface area contributed by atoms with Gasteiger partial charge in [0.25, 0.3) is 0 Å². The predicted molar refractivity (Wildman–Crippen MR) is 112 cm³/mol. The number of hydrogen-bond donors (Lipinski definition) is 2. The predicted octanol–water partition coefficient (Wildman–Crippen LogP) is 2.25. The SMILES string of the molecule is CCN1CCC[C@@H]1CN(Cc1ccncc1)C(=O)Nc1ccc(S(N)(=O)=O)cc1. The molecule has 0 saturated carbocycles. The summed E-state index contributed by atoms with van der Waals surface area (Å²) in [5.41, 5.74) is 1.52. The van der Waals surface area contributed by atoms with E-state index in [1.165, 1.54) is 24.3 Å². The number of likely N-dealkylation sites (N-methyl/N-ethyl adjacent to an activating group) is 1. The van der Waals surface area contributed by atoms with Crippen LogP contribution in [0.1, 0.15) is 25.3 Å². The summed E-state index contributed by atoms with van der Waals surface area (Å²) in [7, 11) is -3.76. The fourth-order valence-electron chi connectivity index (χ4n) is 3.63. The maximum Gasteiger partial charge on any atom is 0.322 e. The third-order valence-corrected chi connectivity index (χ3v) is 6.11. The number of carbonyl (C=O) groups is 1. The van der Waals surface area contributed by atoms with E-state index in [2.05, 4.69) is 22.1 Å². The summed E-state index contributed by atoms with van der Waals surface area (Å²) in [6, 6.07) is 9.74. The Balaban J connectivity index is 1.74. The summed E-state index contributed by atoms with van der Waals surface area (Å²) >= 11 is 0. The van der Waals surface area contributed by atoms with Gasteiger partial charge in [-0.25, -0.2) is 18.4 Å². The highest BCUT2D eigenvalue weighted by Gasteiger charge is 2.27. The van der Waals surface area contributed by atoms with E-state index in [0.717, 1.165) is 31.5 Å². The summed E-state index contributed by atoms with van der Waals surface area (Å²) in [4.78, 5) is 21.3. The molecule has 156 valence electrons. The number of urea groups is 1. The van der Waals surface area contributed by atoms with Crippen molar-refractivity contribution in [1.29, 1.82) is 0 Å². The van der Waals surface area contributed by atoms with E-state index in [4.69, 9.17) is 5.14 Å². The van der Waals surface area contributed by atoms with Crippen LogP contribution in [0.25, 0.3) is 0 Å². The Bertz CT molecular complexity index is 919. The average molecular weight is 418 g/mol. The molecule has 0 bridgehead atoms. The van der Waals surface area contributed by atoms with Crippen molar-refractivity contribution in [2.45, 2.75) is 37.2 Å². The number of sulfonamides is 1. The lowest BCUT2D eigenvalue weighted by atomic mass is 10.2. The van der Waals surface area contributed by atoms with Crippen LogP contribution in [0, 0.1) is 0 Å². The largest absolute Gasteiger partial charge is 0.322 e.